The quantitative estimate of drug-likeness (QED) is 0.791. The highest BCUT2D eigenvalue weighted by Crippen LogP contribution is 2.30. The molecule has 0 spiro atoms. The van der Waals surface area contributed by atoms with Crippen molar-refractivity contribution in [3.8, 4) is 0 Å². The van der Waals surface area contributed by atoms with Crippen LogP contribution < -0.4 is 5.32 Å². The van der Waals surface area contributed by atoms with Crippen LogP contribution in [-0.2, 0) is 9.59 Å². The Labute approximate surface area is 125 Å². The van der Waals surface area contributed by atoms with Crippen molar-refractivity contribution in [3.63, 3.8) is 0 Å². The Hall–Kier alpha value is -0.750. The first-order valence-corrected chi connectivity index (χ1v) is 8.64. The Bertz CT molecular complexity index is 363. The van der Waals surface area contributed by atoms with E-state index in [0.717, 1.165) is 31.9 Å². The number of likely N-dealkylation sites (tertiary alicyclic amines) is 2. The number of carbonyl (C=O) groups excluding carboxylic acids is 2. The largest absolute Gasteiger partial charge is 0.345 e. The first kappa shape index (κ1) is 15.6. The van der Waals surface area contributed by atoms with Gasteiger partial charge in [-0.2, -0.15) is 11.8 Å². The summed E-state index contributed by atoms with van der Waals surface area (Å²) < 4.78 is 0. The number of nitrogens with zero attached hydrogens (tertiary/aromatic N) is 2. The van der Waals surface area contributed by atoms with Gasteiger partial charge in [0.1, 0.15) is 6.04 Å². The van der Waals surface area contributed by atoms with Crippen molar-refractivity contribution in [2.24, 2.45) is 11.8 Å². The number of rotatable bonds is 5. The standard InChI is InChI=1S/C14H25N3O2S/c1-10(18)15-13(4-5-20-3)14(19)17-8-11-6-16(2)7-12(11)9-17/h11-13H,4-9H2,1-3H3,(H,15,18)/t11-,12+,13-/m0/s1. The Kier molecular flexibility index (Phi) is 5.32. The fourth-order valence-corrected chi connectivity index (χ4v) is 3.84. The van der Waals surface area contributed by atoms with Crippen molar-refractivity contribution in [2.75, 3.05) is 45.2 Å². The molecule has 0 aliphatic carbocycles. The lowest BCUT2D eigenvalue weighted by atomic mass is 10.0. The molecule has 2 aliphatic heterocycles. The van der Waals surface area contributed by atoms with Crippen LogP contribution in [0.3, 0.4) is 0 Å². The molecule has 114 valence electrons. The molecule has 6 heteroatoms. The molecule has 2 aliphatic rings. The van der Waals surface area contributed by atoms with Gasteiger partial charge in [-0.25, -0.2) is 0 Å². The average Bonchev–Trinajstić information content (AvgIpc) is 2.90. The van der Waals surface area contributed by atoms with Crippen LogP contribution in [0.4, 0.5) is 0 Å². The highest BCUT2D eigenvalue weighted by Gasteiger charge is 2.41. The molecule has 1 N–H and O–H groups in total. The summed E-state index contributed by atoms with van der Waals surface area (Å²) in [6.07, 6.45) is 2.73. The highest BCUT2D eigenvalue weighted by molar-refractivity contribution is 7.98. The molecule has 5 nitrogen and oxygen atoms in total. The molecule has 2 heterocycles. The van der Waals surface area contributed by atoms with Gasteiger partial charge in [0.25, 0.3) is 0 Å². The monoisotopic (exact) mass is 299 g/mol. The molecule has 0 bridgehead atoms. The molecule has 0 unspecified atom stereocenters. The van der Waals surface area contributed by atoms with Crippen molar-refractivity contribution >= 4 is 23.6 Å². The van der Waals surface area contributed by atoms with Gasteiger partial charge in [0, 0.05) is 33.1 Å². The maximum Gasteiger partial charge on any atom is 0.245 e. The van der Waals surface area contributed by atoms with Crippen molar-refractivity contribution < 1.29 is 9.59 Å². The van der Waals surface area contributed by atoms with Gasteiger partial charge < -0.3 is 15.1 Å². The van der Waals surface area contributed by atoms with Crippen LogP contribution in [0.25, 0.3) is 0 Å². The van der Waals surface area contributed by atoms with Crippen molar-refractivity contribution in [2.45, 2.75) is 19.4 Å². The molecule has 0 saturated carbocycles. The van der Waals surface area contributed by atoms with Crippen LogP contribution in [0.5, 0.6) is 0 Å². The van der Waals surface area contributed by atoms with E-state index >= 15 is 0 Å². The van der Waals surface area contributed by atoms with Crippen LogP contribution >= 0.6 is 11.8 Å². The van der Waals surface area contributed by atoms with E-state index in [4.69, 9.17) is 0 Å². The van der Waals surface area contributed by atoms with Crippen LogP contribution in [0, 0.1) is 11.8 Å². The Morgan fingerprint density at radius 2 is 1.85 bits per heavy atom. The first-order chi connectivity index (χ1) is 9.51. The Balaban J connectivity index is 1.92. The predicted octanol–water partition coefficient (Wildman–Crippen LogP) is 0.264. The average molecular weight is 299 g/mol. The molecule has 2 saturated heterocycles. The van der Waals surface area contributed by atoms with Gasteiger partial charge in [0.2, 0.25) is 11.8 Å². The topological polar surface area (TPSA) is 52.7 Å². The third-order valence-electron chi connectivity index (χ3n) is 4.27. The third kappa shape index (κ3) is 3.67. The highest BCUT2D eigenvalue weighted by atomic mass is 32.2. The Morgan fingerprint density at radius 1 is 1.25 bits per heavy atom. The summed E-state index contributed by atoms with van der Waals surface area (Å²) >= 11 is 1.71. The van der Waals surface area contributed by atoms with E-state index in [0.29, 0.717) is 18.3 Å². The van der Waals surface area contributed by atoms with Crippen LogP contribution in [-0.4, -0.2) is 72.9 Å². The van der Waals surface area contributed by atoms with E-state index in [2.05, 4.69) is 17.3 Å². The van der Waals surface area contributed by atoms with Crippen molar-refractivity contribution in [3.05, 3.63) is 0 Å². The van der Waals surface area contributed by atoms with E-state index in [-0.39, 0.29) is 17.9 Å². The van der Waals surface area contributed by atoms with E-state index in [1.54, 1.807) is 11.8 Å². The second-order valence-corrected chi connectivity index (χ2v) is 7.00. The molecule has 2 fully saturated rings. The summed E-state index contributed by atoms with van der Waals surface area (Å²) in [7, 11) is 2.14. The van der Waals surface area contributed by atoms with E-state index < -0.39 is 0 Å². The van der Waals surface area contributed by atoms with Gasteiger partial charge >= 0.3 is 0 Å². The minimum atomic E-state index is -0.350. The summed E-state index contributed by atoms with van der Waals surface area (Å²) in [6.45, 7) is 5.35. The lowest BCUT2D eigenvalue weighted by Crippen LogP contribution is -2.48. The first-order valence-electron chi connectivity index (χ1n) is 7.24. The van der Waals surface area contributed by atoms with Crippen LogP contribution in [0.1, 0.15) is 13.3 Å². The van der Waals surface area contributed by atoms with Gasteiger partial charge in [-0.1, -0.05) is 0 Å². The predicted molar refractivity (Wildman–Crippen MR) is 81.7 cm³/mol. The number of hydrogen-bond acceptors (Lipinski definition) is 4. The maximum absolute atomic E-state index is 12.6. The fourth-order valence-electron chi connectivity index (χ4n) is 3.37. The molecule has 0 aromatic rings. The maximum atomic E-state index is 12.6. The summed E-state index contributed by atoms with van der Waals surface area (Å²) in [5.41, 5.74) is 0. The SMILES string of the molecule is CSCC[C@H](NC(C)=O)C(=O)N1C[C@H]2CN(C)C[C@H]2C1. The summed E-state index contributed by atoms with van der Waals surface area (Å²) in [6, 6.07) is -0.350. The number of nitrogens with one attached hydrogen (secondary N) is 1. The second kappa shape index (κ2) is 6.80. The number of hydrogen-bond donors (Lipinski definition) is 1. The molecule has 0 radical (unpaired) electrons. The summed E-state index contributed by atoms with van der Waals surface area (Å²) in [4.78, 5) is 28.2. The van der Waals surface area contributed by atoms with Gasteiger partial charge in [0.15, 0.2) is 0 Å². The van der Waals surface area contributed by atoms with Crippen molar-refractivity contribution in [1.82, 2.24) is 15.1 Å². The molecule has 2 amide bonds. The number of thioether (sulfide) groups is 1. The van der Waals surface area contributed by atoms with Gasteiger partial charge in [0.05, 0.1) is 0 Å². The molecule has 2 rings (SSSR count). The zero-order valence-electron chi connectivity index (χ0n) is 12.6. The van der Waals surface area contributed by atoms with E-state index in [9.17, 15) is 9.59 Å². The number of carbonyl (C=O) groups is 2. The minimum Gasteiger partial charge on any atom is -0.345 e. The second-order valence-electron chi connectivity index (χ2n) is 6.02. The number of fused-ring (bicyclic) bond motifs is 1. The molecular formula is C14H25N3O2S. The van der Waals surface area contributed by atoms with Crippen LogP contribution in [0.2, 0.25) is 0 Å². The van der Waals surface area contributed by atoms with Gasteiger partial charge in [-0.15, -0.1) is 0 Å². The molecule has 3 atom stereocenters. The summed E-state index contributed by atoms with van der Waals surface area (Å²) in [5, 5.41) is 2.81. The van der Waals surface area contributed by atoms with E-state index in [1.807, 2.05) is 11.2 Å². The fraction of sp³-hybridized carbons (Fsp3) is 0.857. The number of amides is 2. The van der Waals surface area contributed by atoms with Crippen LogP contribution in [0.15, 0.2) is 0 Å². The Morgan fingerprint density at radius 3 is 2.35 bits per heavy atom. The van der Waals surface area contributed by atoms with Gasteiger partial charge in [-0.3, -0.25) is 9.59 Å². The minimum absolute atomic E-state index is 0.103. The third-order valence-corrected chi connectivity index (χ3v) is 4.91. The molecular weight excluding hydrogens is 274 g/mol. The summed E-state index contributed by atoms with van der Waals surface area (Å²) in [5.74, 6) is 2.10. The molecule has 0 aromatic heterocycles. The zero-order chi connectivity index (χ0) is 14.7. The lowest BCUT2D eigenvalue weighted by Gasteiger charge is -2.25. The molecule has 0 aromatic carbocycles. The zero-order valence-corrected chi connectivity index (χ0v) is 13.4. The normalized spacial score (nSPS) is 27.4. The smallest absolute Gasteiger partial charge is 0.245 e. The van der Waals surface area contributed by atoms with E-state index in [1.165, 1.54) is 6.92 Å². The molecule has 20 heavy (non-hydrogen) atoms. The van der Waals surface area contributed by atoms with Gasteiger partial charge in [-0.05, 0) is 37.3 Å². The lowest BCUT2D eigenvalue weighted by molar-refractivity contribution is -0.135. The van der Waals surface area contributed by atoms with Crippen molar-refractivity contribution in [1.29, 1.82) is 0 Å².